The average Bonchev–Trinajstić information content (AvgIpc) is 2.32. The summed E-state index contributed by atoms with van der Waals surface area (Å²) in [6, 6.07) is 5.03. The van der Waals surface area contributed by atoms with Crippen LogP contribution in [0.5, 0.6) is 0 Å². The van der Waals surface area contributed by atoms with E-state index in [2.05, 4.69) is 20.8 Å². The Morgan fingerprint density at radius 3 is 2.95 bits per heavy atom. The van der Waals surface area contributed by atoms with Gasteiger partial charge in [0.05, 0.1) is 11.7 Å². The predicted molar refractivity (Wildman–Crippen MR) is 79.0 cm³/mol. The Labute approximate surface area is 127 Å². The highest BCUT2D eigenvalue weighted by Crippen LogP contribution is 2.24. The molecule has 0 N–H and O–H groups in total. The number of benzene rings is 1. The van der Waals surface area contributed by atoms with Crippen molar-refractivity contribution in [3.05, 3.63) is 34.1 Å². The average molecular weight is 351 g/mol. The van der Waals surface area contributed by atoms with Gasteiger partial charge in [-0.3, -0.25) is 4.90 Å². The van der Waals surface area contributed by atoms with Crippen LogP contribution in [0.25, 0.3) is 0 Å². The first-order valence-electron chi connectivity index (χ1n) is 6.30. The Kier molecular flexibility index (Phi) is 4.88. The van der Waals surface area contributed by atoms with E-state index in [1.54, 1.807) is 6.07 Å². The summed E-state index contributed by atoms with van der Waals surface area (Å²) in [6.45, 7) is 6.16. The molecule has 0 saturated carbocycles. The molecule has 0 aliphatic carbocycles. The molecule has 1 aliphatic rings. The Morgan fingerprint density at radius 1 is 1.53 bits per heavy atom. The van der Waals surface area contributed by atoms with Gasteiger partial charge in [0, 0.05) is 35.6 Å². The van der Waals surface area contributed by atoms with Gasteiger partial charge in [0.25, 0.3) is 0 Å². The lowest BCUT2D eigenvalue weighted by molar-refractivity contribution is -0.129. The Balaban J connectivity index is 2.11. The van der Waals surface area contributed by atoms with Gasteiger partial charge in [0.1, 0.15) is 5.82 Å². The van der Waals surface area contributed by atoms with Crippen molar-refractivity contribution in [1.29, 1.82) is 0 Å². The normalized spacial score (nSPS) is 23.5. The molecule has 0 bridgehead atoms. The van der Waals surface area contributed by atoms with Gasteiger partial charge in [-0.15, -0.1) is 11.6 Å². The fraction of sp³-hybridized carbons (Fsp3) is 0.571. The van der Waals surface area contributed by atoms with Gasteiger partial charge in [-0.25, -0.2) is 4.39 Å². The second kappa shape index (κ2) is 6.08. The summed E-state index contributed by atoms with van der Waals surface area (Å²) in [4.78, 5) is 2.20. The second-order valence-corrected chi connectivity index (χ2v) is 6.78. The van der Waals surface area contributed by atoms with Crippen molar-refractivity contribution >= 4 is 27.5 Å². The van der Waals surface area contributed by atoms with Crippen LogP contribution in [0.2, 0.25) is 0 Å². The third-order valence-electron chi connectivity index (χ3n) is 3.13. The largest absolute Gasteiger partial charge is 0.368 e. The number of hydrogen-bond acceptors (Lipinski definition) is 2. The number of alkyl halides is 1. The number of rotatable bonds is 3. The minimum Gasteiger partial charge on any atom is -0.368 e. The monoisotopic (exact) mass is 349 g/mol. The van der Waals surface area contributed by atoms with E-state index in [9.17, 15) is 4.39 Å². The highest BCUT2D eigenvalue weighted by atomic mass is 79.9. The van der Waals surface area contributed by atoms with E-state index in [4.69, 9.17) is 16.3 Å². The maximum atomic E-state index is 13.8. The molecule has 1 heterocycles. The molecule has 1 atom stereocenters. The fourth-order valence-corrected chi connectivity index (χ4v) is 3.09. The van der Waals surface area contributed by atoms with Crippen LogP contribution in [0, 0.1) is 5.82 Å². The first-order chi connectivity index (χ1) is 8.89. The van der Waals surface area contributed by atoms with Crippen LogP contribution >= 0.6 is 27.5 Å². The van der Waals surface area contributed by atoms with Gasteiger partial charge in [-0.1, -0.05) is 15.9 Å². The molecule has 5 heteroatoms. The van der Waals surface area contributed by atoms with Crippen LogP contribution in [0.1, 0.15) is 19.4 Å². The van der Waals surface area contributed by atoms with Gasteiger partial charge in [-0.2, -0.15) is 0 Å². The van der Waals surface area contributed by atoms with Crippen molar-refractivity contribution in [3.8, 4) is 0 Å². The predicted octanol–water partition coefficient (Wildman–Crippen LogP) is 3.81. The van der Waals surface area contributed by atoms with Crippen molar-refractivity contribution in [1.82, 2.24) is 4.90 Å². The van der Waals surface area contributed by atoms with E-state index in [-0.39, 0.29) is 17.5 Å². The Bertz CT molecular complexity index is 455. The zero-order chi connectivity index (χ0) is 14.0. The van der Waals surface area contributed by atoms with Crippen molar-refractivity contribution < 1.29 is 9.13 Å². The molecule has 2 rings (SSSR count). The van der Waals surface area contributed by atoms with Crippen LogP contribution < -0.4 is 0 Å². The zero-order valence-electron chi connectivity index (χ0n) is 11.1. The molecule has 0 spiro atoms. The smallest absolute Gasteiger partial charge is 0.127 e. The van der Waals surface area contributed by atoms with E-state index < -0.39 is 0 Å². The minimum absolute atomic E-state index is 0.000584. The molecule has 106 valence electrons. The van der Waals surface area contributed by atoms with Crippen molar-refractivity contribution in [2.24, 2.45) is 0 Å². The van der Waals surface area contributed by atoms with E-state index in [0.29, 0.717) is 18.0 Å². The molecule has 1 aliphatic heterocycles. The summed E-state index contributed by atoms with van der Waals surface area (Å²) in [5.74, 6) is 0.288. The maximum Gasteiger partial charge on any atom is 0.127 e. The standard InChI is InChI=1S/C14H18BrClFNO/c1-14(2)9-18(8-12(6-16)19-14)7-10-5-11(15)3-4-13(10)17/h3-5,12H,6-9H2,1-2H3. The highest BCUT2D eigenvalue weighted by Gasteiger charge is 2.33. The summed E-state index contributed by atoms with van der Waals surface area (Å²) in [5.41, 5.74) is 0.445. The van der Waals surface area contributed by atoms with Crippen LogP contribution in [-0.2, 0) is 11.3 Å². The van der Waals surface area contributed by atoms with E-state index >= 15 is 0 Å². The molecule has 0 aromatic heterocycles. The van der Waals surface area contributed by atoms with Gasteiger partial charge in [-0.05, 0) is 32.0 Å². The molecule has 0 radical (unpaired) electrons. The van der Waals surface area contributed by atoms with E-state index in [1.807, 2.05) is 19.9 Å². The molecular weight excluding hydrogens is 333 g/mol. The topological polar surface area (TPSA) is 12.5 Å². The van der Waals surface area contributed by atoms with Crippen LogP contribution in [0.15, 0.2) is 22.7 Å². The molecule has 1 saturated heterocycles. The fourth-order valence-electron chi connectivity index (χ4n) is 2.52. The molecule has 1 aromatic rings. The lowest BCUT2D eigenvalue weighted by Gasteiger charge is -2.42. The molecule has 19 heavy (non-hydrogen) atoms. The summed E-state index contributed by atoms with van der Waals surface area (Å²) in [7, 11) is 0. The third kappa shape index (κ3) is 4.15. The van der Waals surface area contributed by atoms with Crippen LogP contribution in [-0.4, -0.2) is 35.6 Å². The van der Waals surface area contributed by atoms with Gasteiger partial charge in [0.15, 0.2) is 0 Å². The highest BCUT2D eigenvalue weighted by molar-refractivity contribution is 9.10. The third-order valence-corrected chi connectivity index (χ3v) is 3.96. The van der Waals surface area contributed by atoms with Crippen molar-refractivity contribution in [3.63, 3.8) is 0 Å². The second-order valence-electron chi connectivity index (χ2n) is 5.56. The first-order valence-corrected chi connectivity index (χ1v) is 7.62. The quantitative estimate of drug-likeness (QED) is 0.769. The first kappa shape index (κ1) is 15.2. The lowest BCUT2D eigenvalue weighted by atomic mass is 10.0. The molecular formula is C14H18BrClFNO. The molecule has 1 fully saturated rings. The number of ether oxygens (including phenoxy) is 1. The van der Waals surface area contributed by atoms with E-state index in [1.165, 1.54) is 6.07 Å². The molecule has 1 aromatic carbocycles. The zero-order valence-corrected chi connectivity index (χ0v) is 13.5. The van der Waals surface area contributed by atoms with Crippen molar-refractivity contribution in [2.45, 2.75) is 32.1 Å². The number of halogens is 3. The number of morpholine rings is 1. The summed E-state index contributed by atoms with van der Waals surface area (Å²) < 4.78 is 20.6. The van der Waals surface area contributed by atoms with Crippen LogP contribution in [0.4, 0.5) is 4.39 Å². The lowest BCUT2D eigenvalue weighted by Crippen LogP contribution is -2.52. The van der Waals surface area contributed by atoms with Gasteiger partial charge >= 0.3 is 0 Å². The number of hydrogen-bond donors (Lipinski definition) is 0. The minimum atomic E-state index is -0.250. The maximum absolute atomic E-state index is 13.8. The summed E-state index contributed by atoms with van der Waals surface area (Å²) in [5, 5.41) is 0. The molecule has 2 nitrogen and oxygen atoms in total. The van der Waals surface area contributed by atoms with E-state index in [0.717, 1.165) is 17.6 Å². The number of nitrogens with zero attached hydrogens (tertiary/aromatic N) is 1. The van der Waals surface area contributed by atoms with Crippen molar-refractivity contribution in [2.75, 3.05) is 19.0 Å². The SMILES string of the molecule is CC1(C)CN(Cc2cc(Br)ccc2F)CC(CCl)O1. The Hall–Kier alpha value is -0.160. The summed E-state index contributed by atoms with van der Waals surface area (Å²) in [6.07, 6.45) is 0.000584. The van der Waals surface area contributed by atoms with Gasteiger partial charge in [0.2, 0.25) is 0 Å². The summed E-state index contributed by atoms with van der Waals surface area (Å²) >= 11 is 9.28. The molecule has 0 amide bonds. The van der Waals surface area contributed by atoms with Gasteiger partial charge < -0.3 is 4.74 Å². The molecule has 1 unspecified atom stereocenters. The van der Waals surface area contributed by atoms with Crippen LogP contribution in [0.3, 0.4) is 0 Å². The Morgan fingerprint density at radius 2 is 2.26 bits per heavy atom.